The van der Waals surface area contributed by atoms with Gasteiger partial charge in [0.05, 0.1) is 23.4 Å². The molecule has 1 aromatic heterocycles. The highest BCUT2D eigenvalue weighted by atomic mass is 35.5. The van der Waals surface area contributed by atoms with Crippen LogP contribution in [0.25, 0.3) is 16.8 Å². The molecule has 0 saturated carbocycles. The molecular weight excluding hydrogens is 486 g/mol. The van der Waals surface area contributed by atoms with Gasteiger partial charge in [-0.15, -0.1) is 0 Å². The second-order valence-corrected chi connectivity index (χ2v) is 11.1. The van der Waals surface area contributed by atoms with E-state index in [-0.39, 0.29) is 17.3 Å². The number of hydrogen-bond acceptors (Lipinski definition) is 6. The predicted octanol–water partition coefficient (Wildman–Crippen LogP) is 5.92. The Balaban J connectivity index is 1.52. The number of rotatable bonds is 5. The van der Waals surface area contributed by atoms with E-state index in [9.17, 15) is 13.9 Å². The Bertz CT molecular complexity index is 1370. The highest BCUT2D eigenvalue weighted by Gasteiger charge is 2.27. The Hall–Kier alpha value is -3.30. The molecule has 0 bridgehead atoms. The Morgan fingerprint density at radius 3 is 2.14 bits per heavy atom. The fourth-order valence-corrected chi connectivity index (χ4v) is 5.30. The van der Waals surface area contributed by atoms with Crippen molar-refractivity contribution in [2.75, 3.05) is 29.5 Å². The van der Waals surface area contributed by atoms with Crippen molar-refractivity contribution >= 4 is 27.9 Å². The lowest BCUT2D eigenvalue weighted by atomic mass is 10.1. The average molecular weight is 510 g/mol. The Morgan fingerprint density at radius 1 is 0.857 bits per heavy atom. The van der Waals surface area contributed by atoms with Crippen LogP contribution in [-0.2, 0) is 0 Å². The van der Waals surface area contributed by atoms with Crippen LogP contribution in [0.4, 0.5) is 5.69 Å². The quantitative estimate of drug-likeness (QED) is 0.347. The van der Waals surface area contributed by atoms with Crippen LogP contribution < -0.4 is 15.2 Å². The number of nitrogens with zero attached hydrogens (tertiary/aromatic N) is 3. The molecule has 1 saturated heterocycles. The highest BCUT2D eigenvalue weighted by Crippen LogP contribution is 2.42. The third-order valence-electron chi connectivity index (χ3n) is 5.88. The number of halogens is 1. The third-order valence-corrected chi connectivity index (χ3v) is 7.81. The first kappa shape index (κ1) is 23.4. The van der Waals surface area contributed by atoms with Crippen molar-refractivity contribution in [2.45, 2.75) is 0 Å². The molecule has 5 rings (SSSR count). The Kier molecular flexibility index (Phi) is 6.53. The van der Waals surface area contributed by atoms with Gasteiger partial charge in [0.1, 0.15) is 11.4 Å². The van der Waals surface area contributed by atoms with Gasteiger partial charge in [0.15, 0.2) is 0 Å². The van der Waals surface area contributed by atoms with E-state index < -0.39 is 16.1 Å². The summed E-state index contributed by atoms with van der Waals surface area (Å²) in [6, 6.07) is 24.3. The van der Waals surface area contributed by atoms with Crippen molar-refractivity contribution in [1.82, 2.24) is 9.78 Å². The van der Waals surface area contributed by atoms with E-state index in [0.717, 1.165) is 11.1 Å². The predicted molar refractivity (Wildman–Crippen MR) is 142 cm³/mol. The molecule has 1 aliphatic rings. The maximum atomic E-state index is 13.6. The van der Waals surface area contributed by atoms with Crippen LogP contribution in [0.3, 0.4) is 0 Å². The molecule has 0 aliphatic carbocycles. The summed E-state index contributed by atoms with van der Waals surface area (Å²) in [4.78, 5) is 15.5. The molecule has 2 N–H and O–H groups in total. The van der Waals surface area contributed by atoms with Gasteiger partial charge in [-0.3, -0.25) is 13.9 Å². The minimum absolute atomic E-state index is 0.126. The lowest BCUT2D eigenvalue weighted by Crippen LogP contribution is -2.39. The summed E-state index contributed by atoms with van der Waals surface area (Å²) in [5.41, 5.74) is 2.77. The summed E-state index contributed by atoms with van der Waals surface area (Å²) in [6.07, 6.45) is 1.58. The van der Waals surface area contributed by atoms with Gasteiger partial charge < -0.3 is 9.64 Å². The highest BCUT2D eigenvalue weighted by molar-refractivity contribution is 8.24. The van der Waals surface area contributed by atoms with Crippen molar-refractivity contribution < 1.29 is 13.8 Å². The van der Waals surface area contributed by atoms with Gasteiger partial charge in [-0.25, -0.2) is 0 Å². The van der Waals surface area contributed by atoms with Gasteiger partial charge in [0.2, 0.25) is 5.75 Å². The zero-order valence-electron chi connectivity index (χ0n) is 18.8. The molecule has 0 radical (unpaired) electrons. The number of aromatic nitrogens is 2. The lowest BCUT2D eigenvalue weighted by molar-refractivity contribution is 0.462. The largest absolute Gasteiger partial charge is 0.449 e. The monoisotopic (exact) mass is 509 g/mol. The maximum Gasteiger partial charge on any atom is 0.316 e. The van der Waals surface area contributed by atoms with Gasteiger partial charge in [-0.2, -0.15) is 20.4 Å². The number of anilines is 1. The van der Waals surface area contributed by atoms with Gasteiger partial charge in [0, 0.05) is 18.1 Å². The van der Waals surface area contributed by atoms with Gasteiger partial charge in [-0.05, 0) is 47.5 Å². The first-order valence-electron chi connectivity index (χ1n) is 11.1. The van der Waals surface area contributed by atoms with Crippen LogP contribution in [0.1, 0.15) is 0 Å². The first-order valence-corrected chi connectivity index (χ1v) is 13.4. The number of hydrogen-bond donors (Lipinski definition) is 2. The minimum atomic E-state index is -2.59. The summed E-state index contributed by atoms with van der Waals surface area (Å²) >= 11 is 6.01. The van der Waals surface area contributed by atoms with Crippen molar-refractivity contribution in [3.05, 3.63) is 100 Å². The molecule has 4 aromatic rings. The summed E-state index contributed by atoms with van der Waals surface area (Å²) in [6.45, 7) is 0.773. The van der Waals surface area contributed by atoms with Crippen LogP contribution in [0.2, 0.25) is 5.02 Å². The molecule has 9 heteroatoms. The van der Waals surface area contributed by atoms with Crippen LogP contribution >= 0.6 is 22.2 Å². The minimum Gasteiger partial charge on any atom is -0.449 e. The van der Waals surface area contributed by atoms with E-state index in [2.05, 4.69) is 5.10 Å². The van der Waals surface area contributed by atoms with E-state index in [0.29, 0.717) is 35.2 Å². The zero-order valence-corrected chi connectivity index (χ0v) is 20.3. The van der Waals surface area contributed by atoms with Crippen molar-refractivity contribution in [3.63, 3.8) is 0 Å². The van der Waals surface area contributed by atoms with E-state index in [1.54, 1.807) is 30.5 Å². The zero-order chi connectivity index (χ0) is 24.4. The fourth-order valence-electron chi connectivity index (χ4n) is 3.95. The molecule has 0 spiro atoms. The summed E-state index contributed by atoms with van der Waals surface area (Å²) in [5.74, 6) is 1.11. The first-order chi connectivity index (χ1) is 16.9. The van der Waals surface area contributed by atoms with Gasteiger partial charge >= 0.3 is 5.56 Å². The standard InChI is InChI=1S/C26H24ClN3O4S/c27-21-8-10-22(11-9-21)30-26(31)25(24(18-28-30)29-14-16-35(32,33)17-15-29)34-23-12-6-20(7-13-23)19-4-2-1-3-5-19/h1-13,18,32-33H,14-17H2. The molecular formula is C26H24ClN3O4S. The molecule has 2 heterocycles. The fraction of sp³-hybridized carbons (Fsp3) is 0.154. The van der Waals surface area contributed by atoms with E-state index in [4.69, 9.17) is 16.3 Å². The Labute approximate surface area is 209 Å². The molecule has 180 valence electrons. The van der Waals surface area contributed by atoms with Gasteiger partial charge in [-0.1, -0.05) is 54.1 Å². The smallest absolute Gasteiger partial charge is 0.316 e. The van der Waals surface area contributed by atoms with Crippen LogP contribution in [0, 0.1) is 0 Å². The van der Waals surface area contributed by atoms with Gasteiger partial charge in [0.25, 0.3) is 0 Å². The summed E-state index contributed by atoms with van der Waals surface area (Å²) < 4.78 is 27.5. The second kappa shape index (κ2) is 9.75. The van der Waals surface area contributed by atoms with Crippen molar-refractivity contribution in [2.24, 2.45) is 0 Å². The normalized spacial score (nSPS) is 16.0. The molecule has 35 heavy (non-hydrogen) atoms. The third kappa shape index (κ3) is 5.21. The molecule has 1 aliphatic heterocycles. The van der Waals surface area contributed by atoms with Crippen LogP contribution in [-0.4, -0.2) is 43.5 Å². The second-order valence-electron chi connectivity index (χ2n) is 8.24. The summed E-state index contributed by atoms with van der Waals surface area (Å²) in [5, 5.41) is 4.92. The molecule has 0 unspecified atom stereocenters. The van der Waals surface area contributed by atoms with E-state index in [1.807, 2.05) is 59.5 Å². The Morgan fingerprint density at radius 2 is 1.49 bits per heavy atom. The SMILES string of the molecule is O=c1c(Oc2ccc(-c3ccccc3)cc2)c(N2CCS(O)(O)CC2)cnn1-c1ccc(Cl)cc1. The van der Waals surface area contributed by atoms with E-state index in [1.165, 1.54) is 4.68 Å². The number of ether oxygens (including phenoxy) is 1. The number of benzene rings is 3. The molecule has 0 amide bonds. The maximum absolute atomic E-state index is 13.6. The van der Waals surface area contributed by atoms with E-state index >= 15 is 0 Å². The topological polar surface area (TPSA) is 87.8 Å². The average Bonchev–Trinajstić information content (AvgIpc) is 2.87. The molecule has 1 fully saturated rings. The molecule has 7 nitrogen and oxygen atoms in total. The van der Waals surface area contributed by atoms with Crippen molar-refractivity contribution in [3.8, 4) is 28.3 Å². The molecule has 0 atom stereocenters. The van der Waals surface area contributed by atoms with Crippen molar-refractivity contribution in [1.29, 1.82) is 0 Å². The summed E-state index contributed by atoms with van der Waals surface area (Å²) in [7, 11) is -2.59. The van der Waals surface area contributed by atoms with Crippen LogP contribution in [0.5, 0.6) is 11.5 Å². The lowest BCUT2D eigenvalue weighted by Gasteiger charge is -2.41. The molecule has 3 aromatic carbocycles. The van der Waals surface area contributed by atoms with Crippen LogP contribution in [0.15, 0.2) is 89.9 Å².